The number of hydrogen-bond donors (Lipinski definition) is 0. The Morgan fingerprint density at radius 1 is 0.903 bits per heavy atom. The third kappa shape index (κ3) is 4.65. The van der Waals surface area contributed by atoms with Gasteiger partial charge in [0.05, 0.1) is 17.5 Å². The maximum Gasteiger partial charge on any atom is 0.251 e. The van der Waals surface area contributed by atoms with Gasteiger partial charge in [0.15, 0.2) is 0 Å². The molecular weight excluding hydrogens is 453 g/mol. The smallest absolute Gasteiger partial charge is 0.251 e. The maximum atomic E-state index is 12.9. The van der Waals surface area contributed by atoms with E-state index in [-0.39, 0.29) is 10.9 Å². The first-order valence-corrected chi connectivity index (χ1v) is 11.0. The standard InChI is InChI=1S/C25H20Cl3NO2/c1-31-12-11-29-23-10-7-18(25(28)16-5-8-19(26)9-6-16)14-22(23)21(15-24(29)30)17-3-2-4-20(27)13-17/h2-10,13-15,25H,11-12H2,1H3. The summed E-state index contributed by atoms with van der Waals surface area (Å²) in [6.45, 7) is 0.901. The Morgan fingerprint density at radius 2 is 1.65 bits per heavy atom. The molecule has 0 bridgehead atoms. The van der Waals surface area contributed by atoms with Gasteiger partial charge in [0.2, 0.25) is 0 Å². The fourth-order valence-electron chi connectivity index (χ4n) is 3.69. The van der Waals surface area contributed by atoms with Gasteiger partial charge in [-0.1, -0.05) is 53.5 Å². The fourth-order valence-corrected chi connectivity index (χ4v) is 4.29. The summed E-state index contributed by atoms with van der Waals surface area (Å²) >= 11 is 19.1. The first-order chi connectivity index (χ1) is 15.0. The second kappa shape index (κ2) is 9.46. The van der Waals surface area contributed by atoms with Crippen molar-refractivity contribution in [3.63, 3.8) is 0 Å². The van der Waals surface area contributed by atoms with Crippen molar-refractivity contribution >= 4 is 45.7 Å². The zero-order chi connectivity index (χ0) is 22.0. The van der Waals surface area contributed by atoms with E-state index in [1.165, 1.54) is 0 Å². The van der Waals surface area contributed by atoms with E-state index in [9.17, 15) is 4.79 Å². The van der Waals surface area contributed by atoms with Gasteiger partial charge in [-0.3, -0.25) is 4.79 Å². The monoisotopic (exact) mass is 471 g/mol. The van der Waals surface area contributed by atoms with Crippen molar-refractivity contribution in [2.45, 2.75) is 11.9 Å². The lowest BCUT2D eigenvalue weighted by atomic mass is 9.97. The Kier molecular flexibility index (Phi) is 6.68. The maximum absolute atomic E-state index is 12.9. The third-order valence-corrected chi connectivity index (χ3v) is 6.24. The van der Waals surface area contributed by atoms with Crippen molar-refractivity contribution in [2.75, 3.05) is 13.7 Å². The molecule has 0 spiro atoms. The number of pyridine rings is 1. The lowest BCUT2D eigenvalue weighted by Gasteiger charge is -2.17. The van der Waals surface area contributed by atoms with Crippen molar-refractivity contribution in [1.82, 2.24) is 4.57 Å². The molecule has 0 radical (unpaired) electrons. The number of alkyl halides is 1. The molecule has 6 heteroatoms. The Balaban J connectivity index is 1.92. The molecular formula is C25H20Cl3NO2. The summed E-state index contributed by atoms with van der Waals surface area (Å²) in [6, 6.07) is 22.6. The van der Waals surface area contributed by atoms with E-state index in [1.807, 2.05) is 66.7 Å². The molecule has 0 N–H and O–H groups in total. The highest BCUT2D eigenvalue weighted by Crippen LogP contribution is 2.35. The zero-order valence-electron chi connectivity index (χ0n) is 16.8. The molecule has 4 aromatic rings. The number of halogens is 3. The highest BCUT2D eigenvalue weighted by molar-refractivity contribution is 6.31. The van der Waals surface area contributed by atoms with Crippen LogP contribution in [-0.4, -0.2) is 18.3 Å². The largest absolute Gasteiger partial charge is 0.383 e. The highest BCUT2D eigenvalue weighted by Gasteiger charge is 2.16. The van der Waals surface area contributed by atoms with Gasteiger partial charge in [0.25, 0.3) is 5.56 Å². The minimum absolute atomic E-state index is 0.0904. The minimum atomic E-state index is -0.353. The van der Waals surface area contributed by atoms with Crippen LogP contribution in [0.15, 0.2) is 77.6 Å². The number of ether oxygens (including phenoxy) is 1. The molecule has 4 rings (SSSR count). The van der Waals surface area contributed by atoms with Gasteiger partial charge < -0.3 is 9.30 Å². The molecule has 1 unspecified atom stereocenters. The Bertz CT molecular complexity index is 1280. The molecule has 1 aromatic heterocycles. The summed E-state index contributed by atoms with van der Waals surface area (Å²) in [4.78, 5) is 12.9. The molecule has 3 aromatic carbocycles. The number of hydrogen-bond acceptors (Lipinski definition) is 2. The third-order valence-electron chi connectivity index (χ3n) is 5.25. The fraction of sp³-hybridized carbons (Fsp3) is 0.160. The molecule has 0 saturated carbocycles. The van der Waals surface area contributed by atoms with E-state index in [1.54, 1.807) is 17.7 Å². The first-order valence-electron chi connectivity index (χ1n) is 9.80. The van der Waals surface area contributed by atoms with Gasteiger partial charge in [-0.05, 0) is 58.7 Å². The average Bonchev–Trinajstić information content (AvgIpc) is 2.78. The number of benzene rings is 3. The van der Waals surface area contributed by atoms with Gasteiger partial charge >= 0.3 is 0 Å². The molecule has 0 aliphatic rings. The van der Waals surface area contributed by atoms with Gasteiger partial charge in [-0.15, -0.1) is 11.6 Å². The molecule has 1 atom stereocenters. The first kappa shape index (κ1) is 21.9. The van der Waals surface area contributed by atoms with E-state index in [2.05, 4.69) is 0 Å². The molecule has 1 heterocycles. The van der Waals surface area contributed by atoms with Crippen molar-refractivity contribution < 1.29 is 4.74 Å². The number of aromatic nitrogens is 1. The summed E-state index contributed by atoms with van der Waals surface area (Å²) < 4.78 is 6.93. The lowest BCUT2D eigenvalue weighted by Crippen LogP contribution is -2.22. The van der Waals surface area contributed by atoms with Crippen LogP contribution in [0.25, 0.3) is 22.0 Å². The number of fused-ring (bicyclic) bond motifs is 1. The molecule has 0 saturated heterocycles. The van der Waals surface area contributed by atoms with Crippen molar-refractivity contribution in [2.24, 2.45) is 0 Å². The Hall–Kier alpha value is -2.30. The second-order valence-electron chi connectivity index (χ2n) is 7.24. The molecule has 0 fully saturated rings. The van der Waals surface area contributed by atoms with E-state index < -0.39 is 0 Å². The molecule has 0 aliphatic heterocycles. The van der Waals surface area contributed by atoms with Crippen molar-refractivity contribution in [3.05, 3.63) is 104 Å². The number of methoxy groups -OCH3 is 1. The SMILES string of the molecule is COCCn1c(=O)cc(-c2cccc(Cl)c2)c2cc(C(Cl)c3ccc(Cl)cc3)ccc21. The van der Waals surface area contributed by atoms with Gasteiger partial charge in [-0.25, -0.2) is 0 Å². The van der Waals surface area contributed by atoms with Gasteiger partial charge in [-0.2, -0.15) is 0 Å². The Morgan fingerprint density at radius 3 is 2.35 bits per heavy atom. The highest BCUT2D eigenvalue weighted by atomic mass is 35.5. The van der Waals surface area contributed by atoms with E-state index in [0.29, 0.717) is 23.2 Å². The van der Waals surface area contributed by atoms with E-state index in [4.69, 9.17) is 39.5 Å². The van der Waals surface area contributed by atoms with Crippen LogP contribution in [0.5, 0.6) is 0 Å². The number of rotatable bonds is 6. The summed E-state index contributed by atoms with van der Waals surface area (Å²) in [5, 5.41) is 1.85. The van der Waals surface area contributed by atoms with Gasteiger partial charge in [0.1, 0.15) is 0 Å². The second-order valence-corrected chi connectivity index (χ2v) is 8.55. The molecule has 31 heavy (non-hydrogen) atoms. The minimum Gasteiger partial charge on any atom is -0.383 e. The summed E-state index contributed by atoms with van der Waals surface area (Å²) in [5.74, 6) is 0. The molecule has 0 aliphatic carbocycles. The van der Waals surface area contributed by atoms with Crippen LogP contribution in [0.1, 0.15) is 16.5 Å². The average molecular weight is 473 g/mol. The van der Waals surface area contributed by atoms with Crippen LogP contribution in [0.4, 0.5) is 0 Å². The number of nitrogens with zero attached hydrogens (tertiary/aromatic N) is 1. The topological polar surface area (TPSA) is 31.2 Å². The van der Waals surface area contributed by atoms with Gasteiger partial charge in [0, 0.05) is 35.2 Å². The summed E-state index contributed by atoms with van der Waals surface area (Å²) in [5.41, 5.74) is 4.30. The van der Waals surface area contributed by atoms with Crippen LogP contribution in [0, 0.1) is 0 Å². The summed E-state index contributed by atoms with van der Waals surface area (Å²) in [6.07, 6.45) is 0. The normalized spacial score (nSPS) is 12.3. The predicted octanol–water partition coefficient (Wildman–Crippen LogP) is 6.95. The lowest BCUT2D eigenvalue weighted by molar-refractivity contribution is 0.187. The van der Waals surface area contributed by atoms with Crippen molar-refractivity contribution in [3.8, 4) is 11.1 Å². The van der Waals surface area contributed by atoms with Crippen LogP contribution < -0.4 is 5.56 Å². The van der Waals surface area contributed by atoms with Crippen LogP contribution >= 0.6 is 34.8 Å². The van der Waals surface area contributed by atoms with Crippen LogP contribution in [-0.2, 0) is 11.3 Å². The zero-order valence-corrected chi connectivity index (χ0v) is 19.1. The van der Waals surface area contributed by atoms with Crippen molar-refractivity contribution in [1.29, 1.82) is 0 Å². The predicted molar refractivity (Wildman–Crippen MR) is 130 cm³/mol. The quantitative estimate of drug-likeness (QED) is 0.284. The van der Waals surface area contributed by atoms with E-state index in [0.717, 1.165) is 33.2 Å². The Labute approximate surface area is 195 Å². The van der Waals surface area contributed by atoms with Crippen LogP contribution in [0.3, 0.4) is 0 Å². The molecule has 158 valence electrons. The molecule has 0 amide bonds. The van der Waals surface area contributed by atoms with Crippen LogP contribution in [0.2, 0.25) is 10.0 Å². The summed E-state index contributed by atoms with van der Waals surface area (Å²) in [7, 11) is 1.62. The van der Waals surface area contributed by atoms with E-state index >= 15 is 0 Å². The molecule has 3 nitrogen and oxygen atoms in total.